The third-order valence-electron chi connectivity index (χ3n) is 4.43. The first-order chi connectivity index (χ1) is 12.6. The van der Waals surface area contributed by atoms with Gasteiger partial charge in [-0.3, -0.25) is 4.79 Å². The maximum absolute atomic E-state index is 13.8. The van der Waals surface area contributed by atoms with Crippen molar-refractivity contribution < 1.29 is 23.1 Å². The topological polar surface area (TPSA) is 59.9 Å². The van der Waals surface area contributed by atoms with Gasteiger partial charge in [0.2, 0.25) is 6.10 Å². The van der Waals surface area contributed by atoms with Crippen molar-refractivity contribution in [3.05, 3.63) is 65.2 Å². The average molecular weight is 358 g/mol. The lowest BCUT2D eigenvalue weighted by Gasteiger charge is -2.26. The summed E-state index contributed by atoms with van der Waals surface area (Å²) in [5.41, 5.74) is 1.25. The van der Waals surface area contributed by atoms with Gasteiger partial charge in [-0.05, 0) is 36.2 Å². The number of amides is 1. The van der Waals surface area contributed by atoms with E-state index < -0.39 is 17.7 Å². The maximum atomic E-state index is 13.8. The van der Waals surface area contributed by atoms with Crippen LogP contribution in [0.1, 0.15) is 17.5 Å². The van der Waals surface area contributed by atoms with Gasteiger partial charge >= 0.3 is 0 Å². The zero-order chi connectivity index (χ0) is 18.1. The van der Waals surface area contributed by atoms with E-state index in [0.717, 1.165) is 29.5 Å². The van der Waals surface area contributed by atoms with Crippen molar-refractivity contribution in [2.75, 3.05) is 6.61 Å². The molecule has 134 valence electrons. The van der Waals surface area contributed by atoms with Gasteiger partial charge in [-0.2, -0.15) is 0 Å². The molecule has 7 heteroatoms. The SMILES string of the molecule is O=C(N[C@@H]1COc2ccccc2C1)[C@@H]1CC(c2cc(F)ccc2F)=NO1. The van der Waals surface area contributed by atoms with Crippen LogP contribution in [0, 0.1) is 11.6 Å². The van der Waals surface area contributed by atoms with Gasteiger partial charge in [-0.1, -0.05) is 23.4 Å². The molecule has 0 unspecified atom stereocenters. The number of nitrogens with one attached hydrogen (secondary N) is 1. The van der Waals surface area contributed by atoms with E-state index >= 15 is 0 Å². The van der Waals surface area contributed by atoms with E-state index in [-0.39, 0.29) is 29.6 Å². The Hall–Kier alpha value is -2.96. The Morgan fingerprint density at radius 1 is 1.15 bits per heavy atom. The summed E-state index contributed by atoms with van der Waals surface area (Å²) in [6, 6.07) is 10.6. The summed E-state index contributed by atoms with van der Waals surface area (Å²) in [7, 11) is 0. The fourth-order valence-corrected chi connectivity index (χ4v) is 3.11. The van der Waals surface area contributed by atoms with E-state index in [2.05, 4.69) is 10.5 Å². The Labute approximate surface area is 148 Å². The van der Waals surface area contributed by atoms with Crippen LogP contribution in [-0.2, 0) is 16.1 Å². The molecule has 0 aromatic heterocycles. The number of rotatable bonds is 3. The number of hydrogen-bond donors (Lipinski definition) is 1. The van der Waals surface area contributed by atoms with Crippen LogP contribution in [0.25, 0.3) is 0 Å². The van der Waals surface area contributed by atoms with E-state index in [1.54, 1.807) is 0 Å². The first-order valence-electron chi connectivity index (χ1n) is 8.29. The maximum Gasteiger partial charge on any atom is 0.264 e. The molecule has 1 N–H and O–H groups in total. The van der Waals surface area contributed by atoms with Crippen LogP contribution >= 0.6 is 0 Å². The summed E-state index contributed by atoms with van der Waals surface area (Å²) >= 11 is 0. The van der Waals surface area contributed by atoms with Crippen LogP contribution in [0.15, 0.2) is 47.6 Å². The molecule has 0 fully saturated rings. The molecule has 2 aliphatic rings. The Balaban J connectivity index is 1.38. The van der Waals surface area contributed by atoms with Crippen molar-refractivity contribution >= 4 is 11.6 Å². The number of nitrogens with zero attached hydrogens (tertiary/aromatic N) is 1. The lowest BCUT2D eigenvalue weighted by Crippen LogP contribution is -2.46. The predicted octanol–water partition coefficient (Wildman–Crippen LogP) is 2.58. The van der Waals surface area contributed by atoms with E-state index in [0.29, 0.717) is 13.0 Å². The van der Waals surface area contributed by atoms with E-state index in [9.17, 15) is 13.6 Å². The molecule has 0 saturated carbocycles. The largest absolute Gasteiger partial charge is 0.491 e. The summed E-state index contributed by atoms with van der Waals surface area (Å²) in [5, 5.41) is 6.63. The van der Waals surface area contributed by atoms with Crippen molar-refractivity contribution in [3.63, 3.8) is 0 Å². The fourth-order valence-electron chi connectivity index (χ4n) is 3.11. The van der Waals surface area contributed by atoms with Gasteiger partial charge in [0.25, 0.3) is 5.91 Å². The molecular formula is C19H16F2N2O3. The van der Waals surface area contributed by atoms with Gasteiger partial charge < -0.3 is 14.9 Å². The summed E-state index contributed by atoms with van der Waals surface area (Å²) < 4.78 is 32.8. The van der Waals surface area contributed by atoms with Gasteiger partial charge in [0.1, 0.15) is 24.0 Å². The molecule has 2 heterocycles. The highest BCUT2D eigenvalue weighted by atomic mass is 19.1. The Kier molecular flexibility index (Phi) is 4.28. The lowest BCUT2D eigenvalue weighted by atomic mass is 10.0. The number of fused-ring (bicyclic) bond motifs is 1. The molecule has 2 aromatic carbocycles. The molecule has 0 saturated heterocycles. The number of halogens is 2. The van der Waals surface area contributed by atoms with E-state index in [4.69, 9.17) is 9.57 Å². The highest BCUT2D eigenvalue weighted by Gasteiger charge is 2.32. The van der Waals surface area contributed by atoms with Crippen molar-refractivity contribution in [2.45, 2.75) is 25.0 Å². The summed E-state index contributed by atoms with van der Waals surface area (Å²) in [4.78, 5) is 17.6. The normalized spacial score (nSPS) is 21.2. The van der Waals surface area contributed by atoms with E-state index in [1.807, 2.05) is 24.3 Å². The Bertz CT molecular complexity index is 885. The smallest absolute Gasteiger partial charge is 0.264 e. The van der Waals surface area contributed by atoms with Crippen LogP contribution in [0.5, 0.6) is 5.75 Å². The first-order valence-corrected chi connectivity index (χ1v) is 8.29. The number of para-hydroxylation sites is 1. The van der Waals surface area contributed by atoms with Crippen LogP contribution in [-0.4, -0.2) is 30.4 Å². The lowest BCUT2D eigenvalue weighted by molar-refractivity contribution is -0.132. The van der Waals surface area contributed by atoms with Crippen LogP contribution in [0.3, 0.4) is 0 Å². The van der Waals surface area contributed by atoms with Crippen LogP contribution < -0.4 is 10.1 Å². The van der Waals surface area contributed by atoms with Crippen LogP contribution in [0.4, 0.5) is 8.78 Å². The fraction of sp³-hybridized carbons (Fsp3) is 0.263. The number of hydrogen-bond acceptors (Lipinski definition) is 4. The Morgan fingerprint density at radius 3 is 2.88 bits per heavy atom. The van der Waals surface area contributed by atoms with Gasteiger partial charge in [0.05, 0.1) is 11.8 Å². The minimum atomic E-state index is -0.871. The average Bonchev–Trinajstić information content (AvgIpc) is 3.14. The number of benzene rings is 2. The molecule has 0 bridgehead atoms. The number of ether oxygens (including phenoxy) is 1. The number of carbonyl (C=O) groups is 1. The van der Waals surface area contributed by atoms with Crippen molar-refractivity contribution in [3.8, 4) is 5.75 Å². The highest BCUT2D eigenvalue weighted by molar-refractivity contribution is 6.04. The second kappa shape index (κ2) is 6.74. The van der Waals surface area contributed by atoms with Crippen molar-refractivity contribution in [1.82, 2.24) is 5.32 Å². The highest BCUT2D eigenvalue weighted by Crippen LogP contribution is 2.25. The molecule has 0 aliphatic carbocycles. The molecule has 2 aliphatic heterocycles. The van der Waals surface area contributed by atoms with E-state index in [1.165, 1.54) is 0 Å². The molecular weight excluding hydrogens is 342 g/mol. The molecule has 4 rings (SSSR count). The molecule has 5 nitrogen and oxygen atoms in total. The molecule has 2 atom stereocenters. The number of carbonyl (C=O) groups excluding carboxylic acids is 1. The van der Waals surface area contributed by atoms with Gasteiger partial charge in [0.15, 0.2) is 0 Å². The van der Waals surface area contributed by atoms with Gasteiger partial charge in [-0.15, -0.1) is 0 Å². The quantitative estimate of drug-likeness (QED) is 0.917. The second-order valence-electron chi connectivity index (χ2n) is 6.29. The first kappa shape index (κ1) is 16.5. The zero-order valence-corrected chi connectivity index (χ0v) is 13.7. The Morgan fingerprint density at radius 2 is 2.00 bits per heavy atom. The molecule has 0 radical (unpaired) electrons. The van der Waals surface area contributed by atoms with Gasteiger partial charge in [0, 0.05) is 12.0 Å². The standard InChI is InChI=1S/C19H16F2N2O3/c20-12-5-6-15(21)14(8-12)16-9-18(26-23-16)19(24)22-13-7-11-3-1-2-4-17(11)25-10-13/h1-6,8,13,18H,7,9-10H2,(H,22,24)/t13-,18-/m0/s1. The summed E-state index contributed by atoms with van der Waals surface area (Å²) in [5.74, 6) is -0.710. The third-order valence-corrected chi connectivity index (χ3v) is 4.43. The molecule has 26 heavy (non-hydrogen) atoms. The molecule has 1 amide bonds. The summed E-state index contributed by atoms with van der Waals surface area (Å²) in [6.07, 6.45) is -0.137. The monoisotopic (exact) mass is 358 g/mol. The van der Waals surface area contributed by atoms with Crippen LogP contribution in [0.2, 0.25) is 0 Å². The second-order valence-corrected chi connectivity index (χ2v) is 6.29. The minimum absolute atomic E-state index is 0.00947. The van der Waals surface area contributed by atoms with Gasteiger partial charge in [-0.25, -0.2) is 8.78 Å². The molecule has 2 aromatic rings. The molecule has 0 spiro atoms. The van der Waals surface area contributed by atoms with Crippen molar-refractivity contribution in [2.24, 2.45) is 5.16 Å². The minimum Gasteiger partial charge on any atom is -0.491 e. The van der Waals surface area contributed by atoms with Crippen molar-refractivity contribution in [1.29, 1.82) is 0 Å². The summed E-state index contributed by atoms with van der Waals surface area (Å²) in [6.45, 7) is 0.363. The predicted molar refractivity (Wildman–Crippen MR) is 90.0 cm³/mol. The number of oxime groups is 1. The third kappa shape index (κ3) is 3.24. The zero-order valence-electron chi connectivity index (χ0n) is 13.7.